The van der Waals surface area contributed by atoms with Crippen molar-refractivity contribution in [2.75, 3.05) is 0 Å². The van der Waals surface area contributed by atoms with Crippen LogP contribution in [0.15, 0.2) is 95.7 Å². The molecular weight excluding hydrogens is 360 g/mol. The first-order valence-electron chi connectivity index (χ1n) is 9.31. The molecule has 0 spiro atoms. The van der Waals surface area contributed by atoms with Gasteiger partial charge in [-0.3, -0.25) is 4.57 Å². The number of para-hydroxylation sites is 1. The summed E-state index contributed by atoms with van der Waals surface area (Å²) in [5, 5.41) is 9.25. The van der Waals surface area contributed by atoms with E-state index in [-0.39, 0.29) is 0 Å². The summed E-state index contributed by atoms with van der Waals surface area (Å²) in [6, 6.07) is 30.0. The fourth-order valence-corrected chi connectivity index (χ4v) is 4.69. The maximum Gasteiger partial charge on any atom is 0.146 e. The van der Waals surface area contributed by atoms with E-state index in [9.17, 15) is 0 Å². The van der Waals surface area contributed by atoms with Crippen molar-refractivity contribution in [2.24, 2.45) is 0 Å². The second kappa shape index (κ2) is 6.04. The molecule has 6 aromatic rings. The van der Waals surface area contributed by atoms with E-state index in [1.54, 1.807) is 11.3 Å². The molecule has 0 aliphatic rings. The zero-order valence-electron chi connectivity index (χ0n) is 15.0. The quantitative estimate of drug-likeness (QED) is 0.296. The highest BCUT2D eigenvalue weighted by Gasteiger charge is 2.17. The summed E-state index contributed by atoms with van der Waals surface area (Å²) in [6.45, 7) is 0. The van der Waals surface area contributed by atoms with E-state index < -0.39 is 0 Å². The van der Waals surface area contributed by atoms with Crippen molar-refractivity contribution in [3.05, 3.63) is 95.7 Å². The van der Waals surface area contributed by atoms with Gasteiger partial charge in [0, 0.05) is 22.0 Å². The number of thiophene rings is 1. The van der Waals surface area contributed by atoms with E-state index in [1.165, 1.54) is 21.5 Å². The van der Waals surface area contributed by atoms with Gasteiger partial charge in [0.25, 0.3) is 0 Å². The number of nitrogens with zero attached hydrogens (tertiary/aromatic N) is 2. The van der Waals surface area contributed by atoms with E-state index in [0.717, 1.165) is 28.1 Å². The molecule has 0 fully saturated rings. The van der Waals surface area contributed by atoms with E-state index in [2.05, 4.69) is 100 Å². The number of aromatic nitrogens is 2. The van der Waals surface area contributed by atoms with Crippen molar-refractivity contribution in [2.45, 2.75) is 0 Å². The van der Waals surface area contributed by atoms with E-state index in [1.807, 2.05) is 0 Å². The molecule has 28 heavy (non-hydrogen) atoms. The van der Waals surface area contributed by atoms with Gasteiger partial charge in [-0.1, -0.05) is 60.7 Å². The second-order valence-corrected chi connectivity index (χ2v) is 7.71. The van der Waals surface area contributed by atoms with Gasteiger partial charge in [-0.25, -0.2) is 4.98 Å². The van der Waals surface area contributed by atoms with Gasteiger partial charge in [0.1, 0.15) is 5.82 Å². The predicted molar refractivity (Wildman–Crippen MR) is 119 cm³/mol. The molecule has 2 heterocycles. The molecule has 0 saturated heterocycles. The Morgan fingerprint density at radius 2 is 1.50 bits per heavy atom. The van der Waals surface area contributed by atoms with Crippen LogP contribution in [0.25, 0.3) is 49.7 Å². The van der Waals surface area contributed by atoms with Crippen LogP contribution >= 0.6 is 11.3 Å². The topological polar surface area (TPSA) is 17.8 Å². The smallest absolute Gasteiger partial charge is 0.146 e. The Morgan fingerprint density at radius 1 is 0.679 bits per heavy atom. The highest BCUT2D eigenvalue weighted by atomic mass is 32.1. The molecule has 132 valence electrons. The molecule has 0 bridgehead atoms. The van der Waals surface area contributed by atoms with Gasteiger partial charge in [0.2, 0.25) is 0 Å². The predicted octanol–water partition coefficient (Wildman–Crippen LogP) is 7.06. The van der Waals surface area contributed by atoms with Gasteiger partial charge in [0.05, 0.1) is 11.0 Å². The van der Waals surface area contributed by atoms with Crippen molar-refractivity contribution in [1.82, 2.24) is 9.55 Å². The molecule has 0 radical (unpaired) electrons. The first kappa shape index (κ1) is 15.6. The van der Waals surface area contributed by atoms with Gasteiger partial charge in [-0.05, 0) is 45.8 Å². The van der Waals surface area contributed by atoms with Gasteiger partial charge in [-0.2, -0.15) is 11.3 Å². The van der Waals surface area contributed by atoms with Gasteiger partial charge in [-0.15, -0.1) is 0 Å². The molecule has 0 amide bonds. The molecular formula is C25H16N2S. The molecule has 0 saturated carbocycles. The number of imidazole rings is 1. The fourth-order valence-electron chi connectivity index (χ4n) is 4.05. The third-order valence-corrected chi connectivity index (χ3v) is 6.02. The number of fused-ring (bicyclic) bond motifs is 5. The van der Waals surface area contributed by atoms with Crippen LogP contribution in [0.2, 0.25) is 0 Å². The maximum atomic E-state index is 5.14. The number of hydrogen-bond donors (Lipinski definition) is 0. The Morgan fingerprint density at radius 3 is 2.36 bits per heavy atom. The van der Waals surface area contributed by atoms with Crippen LogP contribution in [-0.4, -0.2) is 9.55 Å². The summed E-state index contributed by atoms with van der Waals surface area (Å²) in [5.74, 6) is 0.989. The molecule has 0 unspecified atom stereocenters. The van der Waals surface area contributed by atoms with Crippen LogP contribution in [0.4, 0.5) is 0 Å². The standard InChI is InChI=1S/C25H16N2S/c1-2-7-19(8-3-1)27-23-13-12-21-20-9-5-4-6-17(20)10-11-22(21)24(23)26-25(27)18-14-15-28-16-18/h1-16H. The second-order valence-electron chi connectivity index (χ2n) is 6.93. The highest BCUT2D eigenvalue weighted by molar-refractivity contribution is 7.08. The van der Waals surface area contributed by atoms with Crippen molar-refractivity contribution in [1.29, 1.82) is 0 Å². The van der Waals surface area contributed by atoms with Crippen LogP contribution in [-0.2, 0) is 0 Å². The lowest BCUT2D eigenvalue weighted by Crippen LogP contribution is -1.96. The molecule has 6 rings (SSSR count). The lowest BCUT2D eigenvalue weighted by Gasteiger charge is -2.09. The van der Waals surface area contributed by atoms with Gasteiger partial charge in [0.15, 0.2) is 0 Å². The summed E-state index contributed by atoms with van der Waals surface area (Å²) in [7, 11) is 0. The van der Waals surface area contributed by atoms with E-state index in [0.29, 0.717) is 0 Å². The van der Waals surface area contributed by atoms with Crippen LogP contribution in [0.3, 0.4) is 0 Å². The molecule has 2 nitrogen and oxygen atoms in total. The maximum absolute atomic E-state index is 5.14. The first-order valence-corrected chi connectivity index (χ1v) is 10.3. The number of benzene rings is 4. The molecule has 0 atom stereocenters. The normalized spacial score (nSPS) is 11.6. The minimum absolute atomic E-state index is 0.989. The molecule has 0 aliphatic carbocycles. The molecule has 0 aliphatic heterocycles. The van der Waals surface area contributed by atoms with Crippen LogP contribution in [0.1, 0.15) is 0 Å². The third kappa shape index (κ3) is 2.23. The SMILES string of the molecule is c1ccc(-n2c(-c3ccsc3)nc3c4ccc5ccccc5c4ccc32)cc1. The molecule has 4 aromatic carbocycles. The van der Waals surface area contributed by atoms with Crippen molar-refractivity contribution in [3.8, 4) is 17.1 Å². The van der Waals surface area contributed by atoms with Gasteiger partial charge < -0.3 is 0 Å². The third-order valence-electron chi connectivity index (χ3n) is 5.34. The number of hydrogen-bond acceptors (Lipinski definition) is 2. The Balaban J connectivity index is 1.77. The summed E-state index contributed by atoms with van der Waals surface area (Å²) >= 11 is 1.70. The van der Waals surface area contributed by atoms with Crippen molar-refractivity contribution in [3.63, 3.8) is 0 Å². The summed E-state index contributed by atoms with van der Waals surface area (Å²) in [5.41, 5.74) is 4.47. The minimum atomic E-state index is 0.989. The monoisotopic (exact) mass is 376 g/mol. The highest BCUT2D eigenvalue weighted by Crippen LogP contribution is 2.35. The fraction of sp³-hybridized carbons (Fsp3) is 0. The summed E-state index contributed by atoms with van der Waals surface area (Å²) in [6.07, 6.45) is 0. The average Bonchev–Trinajstić information content (AvgIpc) is 3.41. The zero-order valence-corrected chi connectivity index (χ0v) is 15.9. The van der Waals surface area contributed by atoms with Crippen LogP contribution in [0.5, 0.6) is 0 Å². The Hall–Kier alpha value is -3.43. The van der Waals surface area contributed by atoms with Crippen LogP contribution in [0, 0.1) is 0 Å². The summed E-state index contributed by atoms with van der Waals surface area (Å²) in [4.78, 5) is 5.14. The van der Waals surface area contributed by atoms with Crippen molar-refractivity contribution >= 4 is 43.9 Å². The van der Waals surface area contributed by atoms with Gasteiger partial charge >= 0.3 is 0 Å². The van der Waals surface area contributed by atoms with Crippen LogP contribution < -0.4 is 0 Å². The average molecular weight is 376 g/mol. The Kier molecular flexibility index (Phi) is 3.37. The lowest BCUT2D eigenvalue weighted by atomic mass is 10.0. The largest absolute Gasteiger partial charge is 0.292 e. The Bertz CT molecular complexity index is 1440. The van der Waals surface area contributed by atoms with E-state index in [4.69, 9.17) is 4.98 Å². The summed E-state index contributed by atoms with van der Waals surface area (Å²) < 4.78 is 2.27. The Labute approximate surface area is 166 Å². The first-order chi connectivity index (χ1) is 13.9. The minimum Gasteiger partial charge on any atom is -0.292 e. The molecule has 0 N–H and O–H groups in total. The lowest BCUT2D eigenvalue weighted by molar-refractivity contribution is 1.10. The molecule has 2 aromatic heterocycles. The molecule has 3 heteroatoms. The van der Waals surface area contributed by atoms with Crippen molar-refractivity contribution < 1.29 is 0 Å². The van der Waals surface area contributed by atoms with E-state index >= 15 is 0 Å². The zero-order chi connectivity index (χ0) is 18.5. The number of rotatable bonds is 2.